The minimum absolute atomic E-state index is 0.166. The Bertz CT molecular complexity index is 452. The van der Waals surface area contributed by atoms with E-state index in [-0.39, 0.29) is 11.7 Å². The van der Waals surface area contributed by atoms with Crippen LogP contribution >= 0.6 is 0 Å². The molecule has 0 aliphatic carbocycles. The van der Waals surface area contributed by atoms with Crippen molar-refractivity contribution < 1.29 is 9.90 Å². The van der Waals surface area contributed by atoms with Gasteiger partial charge >= 0.3 is 0 Å². The first kappa shape index (κ1) is 14.9. The van der Waals surface area contributed by atoms with Crippen molar-refractivity contribution in [3.8, 4) is 5.75 Å². The fourth-order valence-corrected chi connectivity index (χ4v) is 2.83. The van der Waals surface area contributed by atoms with Crippen LogP contribution in [0.1, 0.15) is 18.4 Å². The summed E-state index contributed by atoms with van der Waals surface area (Å²) in [6, 6.07) is 6.95. The predicted molar refractivity (Wildman–Crippen MR) is 79.7 cm³/mol. The molecule has 0 saturated carbocycles. The molecule has 0 atom stereocenters. The molecule has 20 heavy (non-hydrogen) atoms. The average molecular weight is 276 g/mol. The van der Waals surface area contributed by atoms with E-state index in [4.69, 9.17) is 0 Å². The second-order valence-corrected chi connectivity index (χ2v) is 5.93. The van der Waals surface area contributed by atoms with Gasteiger partial charge < -0.3 is 14.9 Å². The molecular formula is C16H24N2O2. The van der Waals surface area contributed by atoms with Gasteiger partial charge in [0.15, 0.2) is 0 Å². The van der Waals surface area contributed by atoms with Gasteiger partial charge in [-0.05, 0) is 50.6 Å². The van der Waals surface area contributed by atoms with Gasteiger partial charge in [0.1, 0.15) is 5.75 Å². The van der Waals surface area contributed by atoms with Crippen molar-refractivity contribution in [3.05, 3.63) is 29.8 Å². The predicted octanol–water partition coefficient (Wildman–Crippen LogP) is 1.73. The maximum Gasteiger partial charge on any atom is 0.226 e. The van der Waals surface area contributed by atoms with E-state index in [9.17, 15) is 9.90 Å². The number of piperidine rings is 1. The van der Waals surface area contributed by atoms with Crippen molar-refractivity contribution in [2.75, 3.05) is 33.7 Å². The highest BCUT2D eigenvalue weighted by atomic mass is 16.3. The fraction of sp³-hybridized carbons (Fsp3) is 0.562. The Kier molecular flexibility index (Phi) is 5.01. The zero-order chi connectivity index (χ0) is 14.5. The zero-order valence-electron chi connectivity index (χ0n) is 12.4. The molecule has 0 unspecified atom stereocenters. The third-order valence-corrected chi connectivity index (χ3v) is 3.86. The SMILES string of the molecule is CN(C)CC1CCN(C(=O)Cc2cccc(O)c2)CC1. The van der Waals surface area contributed by atoms with Crippen LogP contribution < -0.4 is 0 Å². The summed E-state index contributed by atoms with van der Waals surface area (Å²) in [5.74, 6) is 1.09. The van der Waals surface area contributed by atoms with Crippen LogP contribution in [-0.2, 0) is 11.2 Å². The lowest BCUT2D eigenvalue weighted by molar-refractivity contribution is -0.131. The number of carbonyl (C=O) groups excluding carboxylic acids is 1. The Morgan fingerprint density at radius 3 is 2.65 bits per heavy atom. The maximum absolute atomic E-state index is 12.2. The Balaban J connectivity index is 1.83. The Labute approximate surface area is 121 Å². The highest BCUT2D eigenvalue weighted by Gasteiger charge is 2.23. The molecule has 0 bridgehead atoms. The van der Waals surface area contributed by atoms with Crippen molar-refractivity contribution in [1.82, 2.24) is 9.80 Å². The third-order valence-electron chi connectivity index (χ3n) is 3.86. The lowest BCUT2D eigenvalue weighted by Crippen LogP contribution is -2.41. The van der Waals surface area contributed by atoms with E-state index in [0.717, 1.165) is 38.0 Å². The van der Waals surface area contributed by atoms with Gasteiger partial charge in [-0.25, -0.2) is 0 Å². The number of likely N-dealkylation sites (tertiary alicyclic amines) is 1. The van der Waals surface area contributed by atoms with Gasteiger partial charge in [0.2, 0.25) is 5.91 Å². The van der Waals surface area contributed by atoms with E-state index < -0.39 is 0 Å². The standard InChI is InChI=1S/C16H24N2O2/c1-17(2)12-13-6-8-18(9-7-13)16(20)11-14-4-3-5-15(19)10-14/h3-5,10,13,19H,6-9,11-12H2,1-2H3. The van der Waals surface area contributed by atoms with E-state index in [1.807, 2.05) is 11.0 Å². The number of rotatable bonds is 4. The molecule has 0 aromatic heterocycles. The van der Waals surface area contributed by atoms with Gasteiger partial charge in [-0.3, -0.25) is 4.79 Å². The summed E-state index contributed by atoms with van der Waals surface area (Å²) < 4.78 is 0. The molecule has 1 saturated heterocycles. The van der Waals surface area contributed by atoms with Gasteiger partial charge in [-0.15, -0.1) is 0 Å². The Morgan fingerprint density at radius 2 is 2.05 bits per heavy atom. The molecule has 0 spiro atoms. The van der Waals surface area contributed by atoms with Gasteiger partial charge in [0.25, 0.3) is 0 Å². The number of aromatic hydroxyl groups is 1. The first-order valence-corrected chi connectivity index (χ1v) is 7.25. The number of amides is 1. The van der Waals surface area contributed by atoms with Crippen LogP contribution in [0.25, 0.3) is 0 Å². The molecule has 2 rings (SSSR count). The third kappa shape index (κ3) is 4.23. The molecule has 1 aliphatic heterocycles. The van der Waals surface area contributed by atoms with Crippen LogP contribution in [0.15, 0.2) is 24.3 Å². The van der Waals surface area contributed by atoms with Crippen LogP contribution in [0.4, 0.5) is 0 Å². The number of phenolic OH excluding ortho intramolecular Hbond substituents is 1. The average Bonchev–Trinajstić information content (AvgIpc) is 2.38. The quantitative estimate of drug-likeness (QED) is 0.911. The molecular weight excluding hydrogens is 252 g/mol. The van der Waals surface area contributed by atoms with E-state index in [1.165, 1.54) is 0 Å². The van der Waals surface area contributed by atoms with Crippen molar-refractivity contribution in [2.24, 2.45) is 5.92 Å². The maximum atomic E-state index is 12.2. The Morgan fingerprint density at radius 1 is 1.35 bits per heavy atom. The first-order valence-electron chi connectivity index (χ1n) is 7.25. The summed E-state index contributed by atoms with van der Waals surface area (Å²) in [6.07, 6.45) is 2.56. The molecule has 110 valence electrons. The lowest BCUT2D eigenvalue weighted by Gasteiger charge is -2.33. The van der Waals surface area contributed by atoms with Crippen LogP contribution in [0.5, 0.6) is 5.75 Å². The lowest BCUT2D eigenvalue weighted by atomic mass is 9.96. The van der Waals surface area contributed by atoms with Crippen molar-refractivity contribution in [2.45, 2.75) is 19.3 Å². The second-order valence-electron chi connectivity index (χ2n) is 5.93. The molecule has 1 aliphatic rings. The normalized spacial score (nSPS) is 16.6. The van der Waals surface area contributed by atoms with E-state index >= 15 is 0 Å². The van der Waals surface area contributed by atoms with Crippen molar-refractivity contribution in [1.29, 1.82) is 0 Å². The minimum atomic E-state index is 0.166. The van der Waals surface area contributed by atoms with E-state index in [2.05, 4.69) is 19.0 Å². The summed E-state index contributed by atoms with van der Waals surface area (Å²) in [4.78, 5) is 16.4. The topological polar surface area (TPSA) is 43.8 Å². The van der Waals surface area contributed by atoms with Crippen LogP contribution in [-0.4, -0.2) is 54.5 Å². The number of hydrogen-bond donors (Lipinski definition) is 1. The molecule has 1 aromatic carbocycles. The molecule has 1 amide bonds. The highest BCUT2D eigenvalue weighted by Crippen LogP contribution is 2.19. The van der Waals surface area contributed by atoms with Gasteiger partial charge in [0.05, 0.1) is 6.42 Å². The van der Waals surface area contributed by atoms with E-state index in [0.29, 0.717) is 12.3 Å². The number of phenols is 1. The molecule has 1 fully saturated rings. The summed E-state index contributed by atoms with van der Waals surface area (Å²) in [6.45, 7) is 2.82. The molecule has 0 radical (unpaired) electrons. The van der Waals surface area contributed by atoms with Crippen molar-refractivity contribution in [3.63, 3.8) is 0 Å². The van der Waals surface area contributed by atoms with Gasteiger partial charge in [-0.1, -0.05) is 12.1 Å². The Hall–Kier alpha value is -1.55. The van der Waals surface area contributed by atoms with E-state index in [1.54, 1.807) is 18.2 Å². The molecule has 4 heteroatoms. The largest absolute Gasteiger partial charge is 0.508 e. The smallest absolute Gasteiger partial charge is 0.226 e. The minimum Gasteiger partial charge on any atom is -0.508 e. The van der Waals surface area contributed by atoms with Crippen LogP contribution in [0.2, 0.25) is 0 Å². The van der Waals surface area contributed by atoms with Gasteiger partial charge in [0, 0.05) is 19.6 Å². The zero-order valence-corrected chi connectivity index (χ0v) is 12.4. The number of carbonyl (C=O) groups is 1. The summed E-state index contributed by atoms with van der Waals surface area (Å²) >= 11 is 0. The number of hydrogen-bond acceptors (Lipinski definition) is 3. The highest BCUT2D eigenvalue weighted by molar-refractivity contribution is 5.79. The van der Waals surface area contributed by atoms with Crippen molar-refractivity contribution >= 4 is 5.91 Å². The summed E-state index contributed by atoms with van der Waals surface area (Å²) in [5.41, 5.74) is 0.880. The van der Waals surface area contributed by atoms with Gasteiger partial charge in [-0.2, -0.15) is 0 Å². The number of nitrogens with zero attached hydrogens (tertiary/aromatic N) is 2. The molecule has 4 nitrogen and oxygen atoms in total. The summed E-state index contributed by atoms with van der Waals surface area (Å²) in [7, 11) is 4.19. The van der Waals surface area contributed by atoms with Crippen LogP contribution in [0.3, 0.4) is 0 Å². The first-order chi connectivity index (χ1) is 9.54. The number of benzene rings is 1. The summed E-state index contributed by atoms with van der Waals surface area (Å²) in [5, 5.41) is 9.43. The monoisotopic (exact) mass is 276 g/mol. The molecule has 1 heterocycles. The molecule has 1 aromatic rings. The molecule has 1 N–H and O–H groups in total. The van der Waals surface area contributed by atoms with Crippen LogP contribution in [0, 0.1) is 5.92 Å². The fourth-order valence-electron chi connectivity index (χ4n) is 2.83. The second kappa shape index (κ2) is 6.75.